The number of halogens is 2. The van der Waals surface area contributed by atoms with Gasteiger partial charge in [-0.25, -0.2) is 4.39 Å². The maximum Gasteiger partial charge on any atom is 0.254 e. The van der Waals surface area contributed by atoms with Crippen molar-refractivity contribution in [2.75, 3.05) is 26.2 Å². The molecule has 0 spiro atoms. The molecular weight excluding hydrogens is 383 g/mol. The number of hydrogen-bond donors (Lipinski definition) is 0. The highest BCUT2D eigenvalue weighted by atomic mass is 35.5. The summed E-state index contributed by atoms with van der Waals surface area (Å²) in [7, 11) is 0. The summed E-state index contributed by atoms with van der Waals surface area (Å²) >= 11 is 5.94. The maximum atomic E-state index is 13.4. The van der Waals surface area contributed by atoms with Crippen LogP contribution in [0.15, 0.2) is 48.5 Å². The molecule has 1 aliphatic rings. The van der Waals surface area contributed by atoms with Crippen molar-refractivity contribution < 1.29 is 9.18 Å². The van der Waals surface area contributed by atoms with E-state index in [1.54, 1.807) is 33.8 Å². The Morgan fingerprint density at radius 3 is 2.54 bits per heavy atom. The van der Waals surface area contributed by atoms with Crippen molar-refractivity contribution in [2.24, 2.45) is 0 Å². The molecule has 1 saturated heterocycles. The second kappa shape index (κ2) is 8.04. The zero-order valence-electron chi connectivity index (χ0n) is 15.0. The fourth-order valence-corrected chi connectivity index (χ4v) is 3.33. The van der Waals surface area contributed by atoms with E-state index in [1.165, 1.54) is 12.1 Å². The van der Waals surface area contributed by atoms with Crippen LogP contribution in [0.1, 0.15) is 16.2 Å². The lowest BCUT2D eigenvalue weighted by Crippen LogP contribution is -2.48. The first kappa shape index (κ1) is 18.5. The summed E-state index contributed by atoms with van der Waals surface area (Å²) in [5, 5.41) is 12.6. The van der Waals surface area contributed by atoms with Crippen LogP contribution in [0.5, 0.6) is 0 Å². The van der Waals surface area contributed by atoms with Crippen molar-refractivity contribution in [1.82, 2.24) is 30.0 Å². The summed E-state index contributed by atoms with van der Waals surface area (Å²) in [6.07, 6.45) is 0. The second-order valence-electron chi connectivity index (χ2n) is 6.56. The monoisotopic (exact) mass is 400 g/mol. The molecule has 0 aliphatic carbocycles. The van der Waals surface area contributed by atoms with E-state index in [0.29, 0.717) is 49.1 Å². The lowest BCUT2D eigenvalue weighted by Gasteiger charge is -2.34. The lowest BCUT2D eigenvalue weighted by molar-refractivity contribution is 0.0624. The number of piperazine rings is 1. The van der Waals surface area contributed by atoms with Gasteiger partial charge >= 0.3 is 0 Å². The molecule has 0 unspecified atom stereocenters. The minimum absolute atomic E-state index is 0.148. The highest BCUT2D eigenvalue weighted by Gasteiger charge is 2.23. The Morgan fingerprint density at radius 1 is 1.07 bits per heavy atom. The maximum absolute atomic E-state index is 13.4. The Labute approximate surface area is 166 Å². The van der Waals surface area contributed by atoms with E-state index >= 15 is 0 Å². The first-order chi connectivity index (χ1) is 13.6. The van der Waals surface area contributed by atoms with E-state index in [2.05, 4.69) is 20.4 Å². The van der Waals surface area contributed by atoms with Crippen LogP contribution in [0.25, 0.3) is 5.69 Å². The van der Waals surface area contributed by atoms with Crippen LogP contribution in [0.4, 0.5) is 4.39 Å². The molecule has 0 radical (unpaired) electrons. The van der Waals surface area contributed by atoms with Gasteiger partial charge in [0.15, 0.2) is 5.82 Å². The third-order valence-electron chi connectivity index (χ3n) is 4.70. The quantitative estimate of drug-likeness (QED) is 0.672. The Bertz CT molecular complexity index is 969. The normalized spacial score (nSPS) is 15.0. The third kappa shape index (κ3) is 4.02. The number of nitrogens with zero attached hydrogens (tertiary/aromatic N) is 6. The first-order valence-electron chi connectivity index (χ1n) is 8.90. The van der Waals surface area contributed by atoms with Gasteiger partial charge in [-0.3, -0.25) is 9.69 Å². The molecule has 7 nitrogen and oxygen atoms in total. The van der Waals surface area contributed by atoms with Crippen LogP contribution in [0, 0.1) is 5.82 Å². The summed E-state index contributed by atoms with van der Waals surface area (Å²) in [6, 6.07) is 13.1. The molecule has 4 rings (SSSR count). The molecule has 1 aliphatic heterocycles. The van der Waals surface area contributed by atoms with Crippen LogP contribution >= 0.6 is 11.6 Å². The summed E-state index contributed by atoms with van der Waals surface area (Å²) in [4.78, 5) is 16.5. The Balaban J connectivity index is 1.38. The molecule has 0 N–H and O–H groups in total. The number of aromatic nitrogens is 4. The standard InChI is InChI=1S/C19H18ClFN6O/c20-15-4-6-17(7-5-15)27-18(22-23-24-27)13-25-8-10-26(11-9-25)19(28)14-2-1-3-16(21)12-14/h1-7,12H,8-11,13H2. The van der Waals surface area contributed by atoms with E-state index < -0.39 is 5.82 Å². The molecule has 2 heterocycles. The number of benzene rings is 2. The van der Waals surface area contributed by atoms with Crippen molar-refractivity contribution >= 4 is 17.5 Å². The van der Waals surface area contributed by atoms with Crippen LogP contribution in [0.3, 0.4) is 0 Å². The minimum Gasteiger partial charge on any atom is -0.336 e. The van der Waals surface area contributed by atoms with Crippen LogP contribution in [-0.4, -0.2) is 62.1 Å². The summed E-state index contributed by atoms with van der Waals surface area (Å²) < 4.78 is 15.0. The van der Waals surface area contributed by atoms with Crippen molar-refractivity contribution in [3.63, 3.8) is 0 Å². The van der Waals surface area contributed by atoms with Crippen LogP contribution < -0.4 is 0 Å². The zero-order valence-corrected chi connectivity index (χ0v) is 15.8. The minimum atomic E-state index is -0.404. The molecule has 1 fully saturated rings. The summed E-state index contributed by atoms with van der Waals surface area (Å²) in [5.41, 5.74) is 1.21. The molecule has 3 aromatic rings. The number of carbonyl (C=O) groups is 1. The average molecular weight is 401 g/mol. The molecule has 1 amide bonds. The fraction of sp³-hybridized carbons (Fsp3) is 0.263. The van der Waals surface area contributed by atoms with Gasteiger partial charge in [0.25, 0.3) is 5.91 Å². The van der Waals surface area contributed by atoms with E-state index in [0.717, 1.165) is 5.69 Å². The van der Waals surface area contributed by atoms with Gasteiger partial charge in [0.1, 0.15) is 5.82 Å². The van der Waals surface area contributed by atoms with Gasteiger partial charge in [-0.2, -0.15) is 4.68 Å². The van der Waals surface area contributed by atoms with Crippen LogP contribution in [-0.2, 0) is 6.54 Å². The Morgan fingerprint density at radius 2 is 1.82 bits per heavy atom. The van der Waals surface area contributed by atoms with Crippen molar-refractivity contribution in [3.8, 4) is 5.69 Å². The van der Waals surface area contributed by atoms with Gasteiger partial charge in [-0.15, -0.1) is 5.10 Å². The van der Waals surface area contributed by atoms with E-state index in [4.69, 9.17) is 11.6 Å². The highest BCUT2D eigenvalue weighted by Crippen LogP contribution is 2.15. The van der Waals surface area contributed by atoms with Crippen molar-refractivity contribution in [2.45, 2.75) is 6.54 Å². The number of tetrazole rings is 1. The van der Waals surface area contributed by atoms with Gasteiger partial charge in [0, 0.05) is 36.8 Å². The molecule has 0 bridgehead atoms. The number of amides is 1. The smallest absolute Gasteiger partial charge is 0.254 e. The zero-order chi connectivity index (χ0) is 19.5. The summed E-state index contributed by atoms with van der Waals surface area (Å²) in [6.45, 7) is 3.08. The molecule has 0 saturated carbocycles. The summed E-state index contributed by atoms with van der Waals surface area (Å²) in [5.74, 6) is 0.163. The van der Waals surface area contributed by atoms with Crippen molar-refractivity contribution in [3.05, 3.63) is 70.8 Å². The molecule has 0 atom stereocenters. The predicted molar refractivity (Wildman–Crippen MR) is 102 cm³/mol. The predicted octanol–water partition coefficient (Wildman–Crippen LogP) is 2.41. The second-order valence-corrected chi connectivity index (χ2v) is 7.00. The fourth-order valence-electron chi connectivity index (χ4n) is 3.20. The SMILES string of the molecule is O=C(c1cccc(F)c1)N1CCN(Cc2nnnn2-c2ccc(Cl)cc2)CC1. The molecule has 9 heteroatoms. The van der Waals surface area contributed by atoms with Gasteiger partial charge in [0.05, 0.1) is 12.2 Å². The number of carbonyl (C=O) groups excluding carboxylic acids is 1. The first-order valence-corrected chi connectivity index (χ1v) is 9.28. The number of rotatable bonds is 4. The van der Waals surface area contributed by atoms with E-state index in [-0.39, 0.29) is 5.91 Å². The number of hydrogen-bond acceptors (Lipinski definition) is 5. The average Bonchev–Trinajstić information content (AvgIpc) is 3.17. The Hall–Kier alpha value is -2.84. The lowest BCUT2D eigenvalue weighted by atomic mass is 10.1. The molecule has 2 aromatic carbocycles. The van der Waals surface area contributed by atoms with Gasteiger partial charge < -0.3 is 4.90 Å². The molecule has 144 valence electrons. The van der Waals surface area contributed by atoms with Gasteiger partial charge in [0.2, 0.25) is 0 Å². The van der Waals surface area contributed by atoms with E-state index in [9.17, 15) is 9.18 Å². The molecule has 28 heavy (non-hydrogen) atoms. The van der Waals surface area contributed by atoms with Gasteiger partial charge in [-0.05, 0) is 52.9 Å². The third-order valence-corrected chi connectivity index (χ3v) is 4.95. The largest absolute Gasteiger partial charge is 0.336 e. The topological polar surface area (TPSA) is 67.2 Å². The molecule has 1 aromatic heterocycles. The van der Waals surface area contributed by atoms with Crippen LogP contribution in [0.2, 0.25) is 5.02 Å². The highest BCUT2D eigenvalue weighted by molar-refractivity contribution is 6.30. The Kier molecular flexibility index (Phi) is 5.31. The van der Waals surface area contributed by atoms with Gasteiger partial charge in [-0.1, -0.05) is 17.7 Å². The van der Waals surface area contributed by atoms with E-state index in [1.807, 2.05) is 12.1 Å². The van der Waals surface area contributed by atoms with Crippen molar-refractivity contribution in [1.29, 1.82) is 0 Å². The molecular formula is C19H18ClFN6O.